The average Bonchev–Trinajstić information content (AvgIpc) is 1.41. The van der Waals surface area contributed by atoms with E-state index >= 15 is 0 Å². The maximum atomic E-state index is 4.70. The molecule has 0 aromatic heterocycles. The summed E-state index contributed by atoms with van der Waals surface area (Å²) in [4.78, 5) is 3.15. The van der Waals surface area contributed by atoms with Crippen LogP contribution in [0.1, 0.15) is 0 Å². The largest absolute Gasteiger partial charge is 2.00 e. The van der Waals surface area contributed by atoms with E-state index in [1.54, 1.807) is 0 Å². The maximum absolute atomic E-state index is 4.70. The van der Waals surface area contributed by atoms with E-state index in [0.29, 0.717) is 0 Å². The van der Waals surface area contributed by atoms with Crippen LogP contribution in [0.2, 0.25) is 0 Å². The second-order valence-electron chi connectivity index (χ2n) is 0.407. The third-order valence-electron chi connectivity index (χ3n) is 0.149. The molecule has 0 radical (unpaired) electrons. The van der Waals surface area contributed by atoms with E-state index in [4.69, 9.17) is 6.58 Å². The zero-order chi connectivity index (χ0) is 4.12. The van der Waals surface area contributed by atoms with Gasteiger partial charge in [-0.05, 0) is 0 Å². The normalized spacial score (nSPS) is 7.33. The molecule has 0 fully saturated rings. The fourth-order valence-electron chi connectivity index (χ4n) is 0.0430. The molecule has 6 heavy (non-hydrogen) atoms. The monoisotopic (exact) mass is 252 g/mol. The van der Waals surface area contributed by atoms with Crippen molar-refractivity contribution in [2.45, 2.75) is 0 Å². The molecule has 0 aliphatic rings. The van der Waals surface area contributed by atoms with Crippen LogP contribution >= 0.6 is 0 Å². The molecule has 0 saturated heterocycles. The van der Waals surface area contributed by atoms with Gasteiger partial charge in [0.25, 0.3) is 0 Å². The van der Waals surface area contributed by atoms with Gasteiger partial charge in [0.15, 0.2) is 0 Å². The van der Waals surface area contributed by atoms with E-state index < -0.39 is 0 Å². The van der Waals surface area contributed by atoms with Crippen LogP contribution in [-0.2, 0) is 21.1 Å². The molecule has 0 unspecified atom stereocenters. The quantitative estimate of drug-likeness (QED) is 0.298. The van der Waals surface area contributed by atoms with Gasteiger partial charge >= 0.3 is 21.1 Å². The number of hydrogen-bond donors (Lipinski definition) is 1. The summed E-state index contributed by atoms with van der Waals surface area (Å²) < 4.78 is 0. The van der Waals surface area contributed by atoms with Gasteiger partial charge in [0.1, 0.15) is 0 Å². The van der Waals surface area contributed by atoms with Crippen LogP contribution in [0.3, 0.4) is 0 Å². The van der Waals surface area contributed by atoms with Gasteiger partial charge in [-0.25, -0.2) is 0 Å². The Labute approximate surface area is 51.4 Å². The molecule has 0 aromatic carbocycles. The molecule has 0 saturated carbocycles. The molecule has 0 atom stereocenters. The topological polar surface area (TPSA) is 38.4 Å². The number of nitrogens with two attached hydrogens (primary N) is 1. The molecule has 0 aliphatic heterocycles. The zero-order valence-corrected chi connectivity index (χ0v) is 6.02. The number of nitrogens with zero attached hydrogens (tertiary/aromatic N) is 1. The molecule has 2 nitrogen and oxygen atoms in total. The van der Waals surface area contributed by atoms with Crippen LogP contribution in [0.25, 0.3) is 0 Å². The van der Waals surface area contributed by atoms with Crippen molar-refractivity contribution >= 4 is 6.34 Å². The number of hydrogen-bond acceptors (Lipinski definition) is 1. The summed E-state index contributed by atoms with van der Waals surface area (Å²) in [6.07, 6.45) is 3.03. The first-order chi connectivity index (χ1) is 2.41. The summed E-state index contributed by atoms with van der Waals surface area (Å²) >= 11 is 0. The van der Waals surface area contributed by atoms with Gasteiger partial charge in [-0.15, -0.1) is 0 Å². The number of rotatable bonds is 1. The SMILES string of the molecule is [CH-]=CN=[C-]N.[W+2]. The molecule has 32 valence electrons. The predicted octanol–water partition coefficient (Wildman–Crippen LogP) is -0.205. The Morgan fingerprint density at radius 1 is 1.83 bits per heavy atom. The summed E-state index contributed by atoms with van der Waals surface area (Å²) in [6, 6.07) is 0. The van der Waals surface area contributed by atoms with Crippen molar-refractivity contribution < 1.29 is 21.1 Å². The summed E-state index contributed by atoms with van der Waals surface area (Å²) in [6.45, 7) is 4.70. The minimum atomic E-state index is 0. The summed E-state index contributed by atoms with van der Waals surface area (Å²) in [5, 5.41) is 0. The van der Waals surface area contributed by atoms with Crippen LogP contribution < -0.4 is 5.73 Å². The van der Waals surface area contributed by atoms with Gasteiger partial charge in [0, 0.05) is 0 Å². The molecule has 0 heterocycles. The van der Waals surface area contributed by atoms with Gasteiger partial charge in [0.05, 0.1) is 0 Å². The molecule has 3 heteroatoms. The Morgan fingerprint density at radius 3 is 2.33 bits per heavy atom. The second-order valence-corrected chi connectivity index (χ2v) is 0.407. The van der Waals surface area contributed by atoms with Crippen LogP contribution in [0.5, 0.6) is 0 Å². The molecular formula is C3H4N2W. The van der Waals surface area contributed by atoms with Gasteiger partial charge in [-0.1, -0.05) is 6.34 Å². The van der Waals surface area contributed by atoms with Gasteiger partial charge in [0.2, 0.25) is 0 Å². The van der Waals surface area contributed by atoms with Gasteiger partial charge in [-0.3, -0.25) is 0 Å². The Balaban J connectivity index is 0. The third-order valence-corrected chi connectivity index (χ3v) is 0.149. The molecule has 0 amide bonds. The fraction of sp³-hybridized carbons (Fsp3) is 0. The zero-order valence-electron chi connectivity index (χ0n) is 3.09. The Bertz CT molecular complexity index is 50.8. The van der Waals surface area contributed by atoms with Crippen molar-refractivity contribution in [2.24, 2.45) is 10.7 Å². The molecule has 0 bridgehead atoms. The first-order valence-corrected chi connectivity index (χ1v) is 1.10. The minimum absolute atomic E-state index is 0. The summed E-state index contributed by atoms with van der Waals surface area (Å²) in [5.74, 6) is 0. The van der Waals surface area contributed by atoms with Crippen molar-refractivity contribution in [1.29, 1.82) is 0 Å². The fourth-order valence-corrected chi connectivity index (χ4v) is 0.0430. The predicted molar refractivity (Wildman–Crippen MR) is 20.5 cm³/mol. The van der Waals surface area contributed by atoms with Crippen LogP contribution in [0.15, 0.2) is 11.2 Å². The first kappa shape index (κ1) is 9.31. The smallest absolute Gasteiger partial charge is 0.601 e. The molecule has 0 aromatic rings. The van der Waals surface area contributed by atoms with Crippen LogP contribution in [0.4, 0.5) is 0 Å². The maximum Gasteiger partial charge on any atom is 2.00 e. The van der Waals surface area contributed by atoms with Crippen molar-refractivity contribution in [1.82, 2.24) is 0 Å². The molecule has 0 spiro atoms. The molecule has 2 N–H and O–H groups in total. The Morgan fingerprint density at radius 2 is 2.33 bits per heavy atom. The van der Waals surface area contributed by atoms with Crippen LogP contribution in [-0.4, -0.2) is 6.34 Å². The van der Waals surface area contributed by atoms with E-state index in [2.05, 4.69) is 10.7 Å². The average molecular weight is 252 g/mol. The van der Waals surface area contributed by atoms with E-state index in [1.807, 2.05) is 6.34 Å². The van der Waals surface area contributed by atoms with E-state index in [1.165, 1.54) is 0 Å². The molecule has 0 aliphatic carbocycles. The third kappa shape index (κ3) is 9.09. The molecular weight excluding hydrogens is 248 g/mol. The standard InChI is InChI=1S/C3H4N2.W/c1-2-5-3-4;/h1-2H,(H2,4,5);/q-2;+2. The van der Waals surface area contributed by atoms with Crippen LogP contribution in [0, 0.1) is 6.58 Å². The Hall–Kier alpha value is -0.102. The van der Waals surface area contributed by atoms with Gasteiger partial charge < -0.3 is 23.5 Å². The van der Waals surface area contributed by atoms with E-state index in [9.17, 15) is 0 Å². The van der Waals surface area contributed by atoms with Crippen molar-refractivity contribution in [3.05, 3.63) is 12.8 Å². The summed E-state index contributed by atoms with van der Waals surface area (Å²) in [5.41, 5.74) is 4.61. The Kier molecular flexibility index (Phi) is 13.8. The minimum Gasteiger partial charge on any atom is -0.601 e. The van der Waals surface area contributed by atoms with Crippen molar-refractivity contribution in [3.63, 3.8) is 0 Å². The second kappa shape index (κ2) is 8.86. The van der Waals surface area contributed by atoms with Crippen molar-refractivity contribution in [3.8, 4) is 0 Å². The van der Waals surface area contributed by atoms with Crippen molar-refractivity contribution in [2.75, 3.05) is 0 Å². The number of aliphatic imine (C=N–C) groups is 1. The molecule has 0 rings (SSSR count). The van der Waals surface area contributed by atoms with E-state index in [-0.39, 0.29) is 21.1 Å². The summed E-state index contributed by atoms with van der Waals surface area (Å²) in [7, 11) is 0. The van der Waals surface area contributed by atoms with Gasteiger partial charge in [-0.2, -0.15) is 0 Å². The van der Waals surface area contributed by atoms with E-state index in [0.717, 1.165) is 6.20 Å². The first-order valence-electron chi connectivity index (χ1n) is 1.10.